The number of nitrogens with one attached hydrogen (secondary N) is 1. The number of aromatic nitrogens is 1. The van der Waals surface area contributed by atoms with Crippen molar-refractivity contribution in [2.75, 3.05) is 5.43 Å². The van der Waals surface area contributed by atoms with E-state index in [2.05, 4.69) is 5.43 Å². The third kappa shape index (κ3) is 2.23. The predicted octanol–water partition coefficient (Wildman–Crippen LogP) is 3.69. The van der Waals surface area contributed by atoms with Gasteiger partial charge in [-0.1, -0.05) is 6.07 Å². The Morgan fingerprint density at radius 2 is 1.50 bits per heavy atom. The van der Waals surface area contributed by atoms with Crippen LogP contribution >= 0.6 is 0 Å². The van der Waals surface area contributed by atoms with E-state index in [0.29, 0.717) is 0 Å². The van der Waals surface area contributed by atoms with E-state index in [0.717, 1.165) is 11.4 Å². The highest BCUT2D eigenvalue weighted by Crippen LogP contribution is 2.21. The van der Waals surface area contributed by atoms with Crippen LogP contribution in [0.3, 0.4) is 0 Å². The van der Waals surface area contributed by atoms with Gasteiger partial charge in [0.15, 0.2) is 0 Å². The van der Waals surface area contributed by atoms with Gasteiger partial charge in [0.2, 0.25) is 0 Å². The highest BCUT2D eigenvalue weighted by molar-refractivity contribution is 5.26. The fraction of sp³-hybridized carbons (Fsp3) is 0.286. The lowest BCUT2D eigenvalue weighted by Gasteiger charge is -2.20. The normalized spacial score (nSPS) is 12.5. The first-order valence-corrected chi connectivity index (χ1v) is 5.86. The van der Waals surface area contributed by atoms with Crippen LogP contribution in [0.15, 0.2) is 30.3 Å². The molecular weight excluding hydrogens is 234 g/mol. The summed E-state index contributed by atoms with van der Waals surface area (Å²) in [5.41, 5.74) is 5.15. The number of benzene rings is 1. The Balaban J connectivity index is 2.30. The molecule has 18 heavy (non-hydrogen) atoms. The molecule has 4 heteroatoms. The summed E-state index contributed by atoms with van der Waals surface area (Å²) in [5, 5.41) is 0. The molecule has 1 heterocycles. The second kappa shape index (κ2) is 4.80. The van der Waals surface area contributed by atoms with Crippen LogP contribution in [-0.4, -0.2) is 4.68 Å². The average molecular weight is 250 g/mol. The van der Waals surface area contributed by atoms with Gasteiger partial charge in [-0.25, -0.2) is 8.78 Å². The maximum absolute atomic E-state index is 13.6. The van der Waals surface area contributed by atoms with Gasteiger partial charge in [-0.05, 0) is 45.0 Å². The Bertz CT molecular complexity index is 521. The lowest BCUT2D eigenvalue weighted by atomic mass is 10.1. The Morgan fingerprint density at radius 1 is 1.00 bits per heavy atom. The molecule has 1 aromatic heterocycles. The van der Waals surface area contributed by atoms with Gasteiger partial charge in [0, 0.05) is 17.0 Å². The summed E-state index contributed by atoms with van der Waals surface area (Å²) in [4.78, 5) is 0. The van der Waals surface area contributed by atoms with Crippen LogP contribution in [0.1, 0.15) is 29.9 Å². The van der Waals surface area contributed by atoms with Crippen LogP contribution in [0.4, 0.5) is 8.78 Å². The van der Waals surface area contributed by atoms with E-state index in [1.807, 2.05) is 30.7 Å². The average Bonchev–Trinajstić information content (AvgIpc) is 2.60. The van der Waals surface area contributed by atoms with Gasteiger partial charge in [-0.15, -0.1) is 0 Å². The highest BCUT2D eigenvalue weighted by atomic mass is 19.1. The molecule has 96 valence electrons. The molecule has 2 rings (SSSR count). The molecule has 0 aliphatic heterocycles. The van der Waals surface area contributed by atoms with E-state index in [4.69, 9.17) is 0 Å². The predicted molar refractivity (Wildman–Crippen MR) is 68.0 cm³/mol. The Labute approximate surface area is 105 Å². The molecule has 1 unspecified atom stereocenters. The van der Waals surface area contributed by atoms with Crippen LogP contribution in [0.25, 0.3) is 0 Å². The molecule has 2 aromatic rings. The van der Waals surface area contributed by atoms with Crippen LogP contribution in [-0.2, 0) is 0 Å². The van der Waals surface area contributed by atoms with Crippen molar-refractivity contribution in [2.45, 2.75) is 26.8 Å². The first kappa shape index (κ1) is 12.6. The molecule has 1 N–H and O–H groups in total. The molecule has 0 aliphatic carbocycles. The molecule has 0 saturated heterocycles. The van der Waals surface area contributed by atoms with E-state index >= 15 is 0 Å². The molecule has 0 fully saturated rings. The molecule has 0 saturated carbocycles. The number of rotatable bonds is 3. The number of halogens is 2. The second-order valence-electron chi connectivity index (χ2n) is 4.44. The Morgan fingerprint density at radius 3 is 2.00 bits per heavy atom. The zero-order valence-corrected chi connectivity index (χ0v) is 10.7. The first-order chi connectivity index (χ1) is 8.50. The van der Waals surface area contributed by atoms with Crippen molar-refractivity contribution < 1.29 is 8.78 Å². The zero-order chi connectivity index (χ0) is 13.3. The molecule has 0 aliphatic rings. The van der Waals surface area contributed by atoms with Crippen molar-refractivity contribution in [3.05, 3.63) is 58.9 Å². The molecular formula is C14H16F2N2. The molecule has 1 atom stereocenters. The van der Waals surface area contributed by atoms with Crippen molar-refractivity contribution in [1.82, 2.24) is 4.68 Å². The largest absolute Gasteiger partial charge is 0.319 e. The van der Waals surface area contributed by atoms with Crippen LogP contribution in [0.5, 0.6) is 0 Å². The maximum Gasteiger partial charge on any atom is 0.131 e. The molecule has 0 spiro atoms. The van der Waals surface area contributed by atoms with Crippen molar-refractivity contribution in [3.8, 4) is 0 Å². The van der Waals surface area contributed by atoms with E-state index in [-0.39, 0.29) is 5.56 Å². The summed E-state index contributed by atoms with van der Waals surface area (Å²) in [6.07, 6.45) is 0. The summed E-state index contributed by atoms with van der Waals surface area (Å²) in [7, 11) is 0. The summed E-state index contributed by atoms with van der Waals surface area (Å²) in [6, 6.07) is 7.36. The van der Waals surface area contributed by atoms with Gasteiger partial charge in [-0.2, -0.15) is 0 Å². The third-order valence-corrected chi connectivity index (χ3v) is 3.03. The van der Waals surface area contributed by atoms with Crippen LogP contribution < -0.4 is 5.43 Å². The van der Waals surface area contributed by atoms with Crippen molar-refractivity contribution >= 4 is 0 Å². The summed E-state index contributed by atoms with van der Waals surface area (Å²) < 4.78 is 29.1. The molecule has 0 bridgehead atoms. The maximum atomic E-state index is 13.6. The van der Waals surface area contributed by atoms with Gasteiger partial charge in [0.05, 0.1) is 6.04 Å². The lowest BCUT2D eigenvalue weighted by Crippen LogP contribution is -2.22. The quantitative estimate of drug-likeness (QED) is 0.879. The Kier molecular flexibility index (Phi) is 3.36. The minimum absolute atomic E-state index is 0.0602. The molecule has 0 radical (unpaired) electrons. The van der Waals surface area contributed by atoms with E-state index < -0.39 is 17.7 Å². The number of nitrogens with zero attached hydrogens (tertiary/aromatic N) is 1. The second-order valence-corrected chi connectivity index (χ2v) is 4.44. The van der Waals surface area contributed by atoms with E-state index in [9.17, 15) is 8.78 Å². The van der Waals surface area contributed by atoms with Gasteiger partial charge in [-0.3, -0.25) is 4.68 Å². The lowest BCUT2D eigenvalue weighted by molar-refractivity contribution is 0.531. The highest BCUT2D eigenvalue weighted by Gasteiger charge is 2.16. The minimum Gasteiger partial charge on any atom is -0.319 e. The fourth-order valence-corrected chi connectivity index (χ4v) is 2.05. The van der Waals surface area contributed by atoms with Gasteiger partial charge >= 0.3 is 0 Å². The van der Waals surface area contributed by atoms with Gasteiger partial charge in [0.1, 0.15) is 11.6 Å². The van der Waals surface area contributed by atoms with Crippen molar-refractivity contribution in [1.29, 1.82) is 0 Å². The summed E-state index contributed by atoms with van der Waals surface area (Å²) in [6.45, 7) is 5.61. The van der Waals surface area contributed by atoms with Crippen LogP contribution in [0.2, 0.25) is 0 Å². The monoisotopic (exact) mass is 250 g/mol. The third-order valence-electron chi connectivity index (χ3n) is 3.03. The van der Waals surface area contributed by atoms with Crippen molar-refractivity contribution in [3.63, 3.8) is 0 Å². The topological polar surface area (TPSA) is 17.0 Å². The number of hydrogen-bond acceptors (Lipinski definition) is 1. The minimum atomic E-state index is -0.530. The molecule has 0 amide bonds. The zero-order valence-electron chi connectivity index (χ0n) is 10.7. The Hall–Kier alpha value is -1.84. The molecule has 2 nitrogen and oxygen atoms in total. The fourth-order valence-electron chi connectivity index (χ4n) is 2.05. The van der Waals surface area contributed by atoms with Crippen LogP contribution in [0, 0.1) is 25.5 Å². The van der Waals surface area contributed by atoms with Gasteiger partial charge in [0.25, 0.3) is 0 Å². The summed E-state index contributed by atoms with van der Waals surface area (Å²) in [5.74, 6) is -1.06. The smallest absolute Gasteiger partial charge is 0.131 e. The standard InChI is InChI=1S/C14H16F2N2/c1-9-7-8-10(2)18(9)17-11(3)14-12(15)5-4-6-13(14)16/h4-8,11,17H,1-3H3. The van der Waals surface area contributed by atoms with E-state index in [1.54, 1.807) is 6.92 Å². The number of hydrogen-bond donors (Lipinski definition) is 1. The van der Waals surface area contributed by atoms with Gasteiger partial charge < -0.3 is 5.43 Å². The summed E-state index contributed by atoms with van der Waals surface area (Å²) >= 11 is 0. The van der Waals surface area contributed by atoms with E-state index in [1.165, 1.54) is 18.2 Å². The molecule has 1 aromatic carbocycles. The first-order valence-electron chi connectivity index (χ1n) is 5.86. The van der Waals surface area contributed by atoms with Crippen molar-refractivity contribution in [2.24, 2.45) is 0 Å². The number of aryl methyl sites for hydroxylation is 2. The SMILES string of the molecule is Cc1ccc(C)n1NC(C)c1c(F)cccc1F.